The summed E-state index contributed by atoms with van der Waals surface area (Å²) in [4.78, 5) is 13.0. The summed E-state index contributed by atoms with van der Waals surface area (Å²) in [5.74, 6) is -0.405. The zero-order valence-corrected chi connectivity index (χ0v) is 20.1. The molecule has 0 saturated heterocycles. The molecule has 1 amide bonds. The van der Waals surface area contributed by atoms with Crippen LogP contribution in [0.15, 0.2) is 77.7 Å². The monoisotopic (exact) mass is 490 g/mol. The summed E-state index contributed by atoms with van der Waals surface area (Å²) in [6.07, 6.45) is 0. The lowest BCUT2D eigenvalue weighted by atomic mass is 10.1. The normalized spacial score (nSPS) is 12.5. The van der Waals surface area contributed by atoms with Gasteiger partial charge in [-0.3, -0.25) is 4.79 Å². The molecule has 0 spiro atoms. The molecule has 1 N–H and O–H groups in total. The molecule has 1 atom stereocenters. The second-order valence-electron chi connectivity index (χ2n) is 7.55. The van der Waals surface area contributed by atoms with Crippen LogP contribution in [0.2, 0.25) is 10.0 Å². The average molecular weight is 491 g/mol. The van der Waals surface area contributed by atoms with Crippen LogP contribution in [0.3, 0.4) is 0 Å². The van der Waals surface area contributed by atoms with Crippen LogP contribution in [0.25, 0.3) is 0 Å². The van der Waals surface area contributed by atoms with E-state index in [0.29, 0.717) is 10.0 Å². The smallest absolute Gasteiger partial charge is 0.243 e. The summed E-state index contributed by atoms with van der Waals surface area (Å²) >= 11 is 11.9. The minimum absolute atomic E-state index is 0.0378. The first-order chi connectivity index (χ1) is 15.1. The van der Waals surface area contributed by atoms with Gasteiger partial charge in [0.1, 0.15) is 0 Å². The Morgan fingerprint density at radius 2 is 1.44 bits per heavy atom. The van der Waals surface area contributed by atoms with Crippen molar-refractivity contribution < 1.29 is 13.2 Å². The second kappa shape index (κ2) is 10.5. The van der Waals surface area contributed by atoms with Crippen molar-refractivity contribution >= 4 is 39.1 Å². The van der Waals surface area contributed by atoms with Gasteiger partial charge in [-0.05, 0) is 61.4 Å². The predicted molar refractivity (Wildman–Crippen MR) is 128 cm³/mol. The molecule has 0 radical (unpaired) electrons. The first-order valence-electron chi connectivity index (χ1n) is 10.0. The van der Waals surface area contributed by atoms with Crippen LogP contribution >= 0.6 is 23.2 Å². The van der Waals surface area contributed by atoms with Crippen molar-refractivity contribution in [2.45, 2.75) is 31.3 Å². The molecule has 0 fully saturated rings. The Morgan fingerprint density at radius 3 is 2.00 bits per heavy atom. The second-order valence-corrected chi connectivity index (χ2v) is 10.4. The van der Waals surface area contributed by atoms with Gasteiger partial charge in [-0.1, -0.05) is 65.2 Å². The summed E-state index contributed by atoms with van der Waals surface area (Å²) in [5.41, 5.74) is 2.54. The molecular formula is C24H24Cl2N2O3S. The third-order valence-electron chi connectivity index (χ3n) is 5.00. The van der Waals surface area contributed by atoms with E-state index in [-0.39, 0.29) is 24.0 Å². The number of sulfonamides is 1. The van der Waals surface area contributed by atoms with Crippen molar-refractivity contribution in [3.63, 3.8) is 0 Å². The SMILES string of the molecule is Cc1ccc(S(=O)(=O)N(CC(=O)N[C@H](C)c2ccc(Cl)cc2)Cc2ccc(Cl)cc2)cc1. The van der Waals surface area contributed by atoms with Gasteiger partial charge >= 0.3 is 0 Å². The lowest BCUT2D eigenvalue weighted by Crippen LogP contribution is -2.41. The van der Waals surface area contributed by atoms with Gasteiger partial charge in [-0.2, -0.15) is 4.31 Å². The van der Waals surface area contributed by atoms with Crippen molar-refractivity contribution in [2.75, 3.05) is 6.54 Å². The van der Waals surface area contributed by atoms with Gasteiger partial charge in [0.15, 0.2) is 0 Å². The largest absolute Gasteiger partial charge is 0.348 e. The number of carbonyl (C=O) groups is 1. The summed E-state index contributed by atoms with van der Waals surface area (Å²) in [5, 5.41) is 4.02. The van der Waals surface area contributed by atoms with Crippen LogP contribution in [0.5, 0.6) is 0 Å². The molecule has 3 rings (SSSR count). The molecule has 0 saturated carbocycles. The molecular weight excluding hydrogens is 467 g/mol. The Morgan fingerprint density at radius 1 is 0.906 bits per heavy atom. The fraction of sp³-hybridized carbons (Fsp3) is 0.208. The van der Waals surface area contributed by atoms with Gasteiger partial charge in [0, 0.05) is 16.6 Å². The Bertz CT molecular complexity index is 1160. The summed E-state index contributed by atoms with van der Waals surface area (Å²) in [7, 11) is -3.91. The van der Waals surface area contributed by atoms with Crippen LogP contribution in [0.1, 0.15) is 29.7 Å². The van der Waals surface area contributed by atoms with Crippen molar-refractivity contribution in [1.29, 1.82) is 0 Å². The minimum Gasteiger partial charge on any atom is -0.348 e. The maximum atomic E-state index is 13.3. The number of halogens is 2. The predicted octanol–water partition coefficient (Wildman–Crippen LogP) is 5.37. The molecule has 0 unspecified atom stereocenters. The van der Waals surface area contributed by atoms with Gasteiger partial charge in [0.2, 0.25) is 15.9 Å². The topological polar surface area (TPSA) is 66.5 Å². The number of amides is 1. The van der Waals surface area contributed by atoms with E-state index in [1.807, 2.05) is 26.0 Å². The van der Waals surface area contributed by atoms with Gasteiger partial charge in [-0.15, -0.1) is 0 Å². The van der Waals surface area contributed by atoms with Gasteiger partial charge in [-0.25, -0.2) is 8.42 Å². The third kappa shape index (κ3) is 6.33. The number of nitrogens with one attached hydrogen (secondary N) is 1. The van der Waals surface area contributed by atoms with E-state index in [1.54, 1.807) is 60.7 Å². The molecule has 5 nitrogen and oxygen atoms in total. The minimum atomic E-state index is -3.91. The number of carbonyl (C=O) groups excluding carboxylic acids is 1. The van der Waals surface area contributed by atoms with Crippen molar-refractivity contribution in [2.24, 2.45) is 0 Å². The van der Waals surface area contributed by atoms with Crippen LogP contribution < -0.4 is 5.32 Å². The zero-order valence-electron chi connectivity index (χ0n) is 17.8. The highest BCUT2D eigenvalue weighted by Crippen LogP contribution is 2.21. The lowest BCUT2D eigenvalue weighted by Gasteiger charge is -2.23. The highest BCUT2D eigenvalue weighted by Gasteiger charge is 2.27. The summed E-state index contributed by atoms with van der Waals surface area (Å²) in [6, 6.07) is 20.3. The molecule has 3 aromatic rings. The van der Waals surface area contributed by atoms with Gasteiger partial charge < -0.3 is 5.32 Å². The number of rotatable bonds is 8. The summed E-state index contributed by atoms with van der Waals surface area (Å²) in [6.45, 7) is 3.43. The third-order valence-corrected chi connectivity index (χ3v) is 7.31. The maximum Gasteiger partial charge on any atom is 0.243 e. The molecule has 0 aliphatic heterocycles. The first kappa shape index (κ1) is 24.3. The summed E-state index contributed by atoms with van der Waals surface area (Å²) < 4.78 is 27.9. The van der Waals surface area contributed by atoms with Crippen molar-refractivity contribution in [1.82, 2.24) is 9.62 Å². The van der Waals surface area contributed by atoms with Gasteiger partial charge in [0.25, 0.3) is 0 Å². The van der Waals surface area contributed by atoms with Crippen LogP contribution in [-0.4, -0.2) is 25.2 Å². The molecule has 32 heavy (non-hydrogen) atoms. The van der Waals surface area contributed by atoms with Crippen molar-refractivity contribution in [3.8, 4) is 0 Å². The molecule has 0 aliphatic carbocycles. The van der Waals surface area contributed by atoms with E-state index in [2.05, 4.69) is 5.32 Å². The number of hydrogen-bond donors (Lipinski definition) is 1. The van der Waals surface area contributed by atoms with E-state index in [9.17, 15) is 13.2 Å². The molecule has 0 aliphatic rings. The van der Waals surface area contributed by atoms with E-state index in [1.165, 1.54) is 4.31 Å². The molecule has 0 aromatic heterocycles. The van der Waals surface area contributed by atoms with Crippen LogP contribution in [0, 0.1) is 6.92 Å². The van der Waals surface area contributed by atoms with E-state index in [0.717, 1.165) is 16.7 Å². The maximum absolute atomic E-state index is 13.3. The highest BCUT2D eigenvalue weighted by molar-refractivity contribution is 7.89. The van der Waals surface area contributed by atoms with Crippen molar-refractivity contribution in [3.05, 3.63) is 99.5 Å². The Balaban J connectivity index is 1.82. The number of aryl methyl sites for hydroxylation is 1. The number of hydrogen-bond acceptors (Lipinski definition) is 3. The average Bonchev–Trinajstić information content (AvgIpc) is 2.75. The fourth-order valence-corrected chi connectivity index (χ4v) is 4.80. The molecule has 8 heteroatoms. The van der Waals surface area contributed by atoms with E-state index in [4.69, 9.17) is 23.2 Å². The zero-order chi connectivity index (χ0) is 23.3. The van der Waals surface area contributed by atoms with Crippen LogP contribution in [0.4, 0.5) is 0 Å². The quantitative estimate of drug-likeness (QED) is 0.461. The number of benzene rings is 3. The Kier molecular flexibility index (Phi) is 7.96. The molecule has 168 valence electrons. The number of nitrogens with zero attached hydrogens (tertiary/aromatic N) is 1. The standard InChI is InChI=1S/C24H24Cl2N2O3S/c1-17-3-13-23(14-4-17)32(30,31)28(15-19-5-9-21(25)10-6-19)16-24(29)27-18(2)20-7-11-22(26)12-8-20/h3-14,18H,15-16H2,1-2H3,(H,27,29)/t18-/m1/s1. The fourth-order valence-electron chi connectivity index (χ4n) is 3.16. The highest BCUT2D eigenvalue weighted by atomic mass is 35.5. The Hall–Kier alpha value is -2.38. The molecule has 0 heterocycles. The lowest BCUT2D eigenvalue weighted by molar-refractivity contribution is -0.122. The molecule has 0 bridgehead atoms. The Labute approximate surface area is 199 Å². The first-order valence-corrected chi connectivity index (χ1v) is 12.2. The van der Waals surface area contributed by atoms with Gasteiger partial charge in [0.05, 0.1) is 17.5 Å². The van der Waals surface area contributed by atoms with E-state index < -0.39 is 15.9 Å². The van der Waals surface area contributed by atoms with E-state index >= 15 is 0 Å². The van der Waals surface area contributed by atoms with Crippen LogP contribution in [-0.2, 0) is 21.4 Å². The molecule has 3 aromatic carbocycles.